The standard InChI is InChI=1S/C17H18ClN3O2S/c1-10-8-20-17(24-10)15(11-6-7-11)21-14(22)9-19-16(23)12-4-2-3-5-13(12)18/h2-5,8,11,15H,6-7,9H2,1H3,(H,19,23)(H,21,22). The van der Waals surface area contributed by atoms with E-state index in [1.165, 1.54) is 0 Å². The fourth-order valence-corrected chi connectivity index (χ4v) is 3.59. The number of carbonyl (C=O) groups excluding carboxylic acids is 2. The van der Waals surface area contributed by atoms with Crippen molar-refractivity contribution in [3.05, 3.63) is 50.9 Å². The molecule has 126 valence electrons. The van der Waals surface area contributed by atoms with Gasteiger partial charge in [0, 0.05) is 11.1 Å². The van der Waals surface area contributed by atoms with Crippen LogP contribution < -0.4 is 10.6 Å². The molecule has 2 aromatic rings. The van der Waals surface area contributed by atoms with E-state index in [0.29, 0.717) is 16.5 Å². The summed E-state index contributed by atoms with van der Waals surface area (Å²) in [5.41, 5.74) is 0.362. The molecule has 0 bridgehead atoms. The average Bonchev–Trinajstić information content (AvgIpc) is 3.32. The van der Waals surface area contributed by atoms with Crippen LogP contribution in [0.4, 0.5) is 0 Å². The van der Waals surface area contributed by atoms with Crippen LogP contribution in [0, 0.1) is 12.8 Å². The van der Waals surface area contributed by atoms with E-state index in [2.05, 4.69) is 15.6 Å². The highest BCUT2D eigenvalue weighted by molar-refractivity contribution is 7.11. The van der Waals surface area contributed by atoms with Crippen LogP contribution in [0.15, 0.2) is 30.5 Å². The van der Waals surface area contributed by atoms with Gasteiger partial charge in [-0.15, -0.1) is 11.3 Å². The topological polar surface area (TPSA) is 71.1 Å². The van der Waals surface area contributed by atoms with E-state index in [0.717, 1.165) is 22.7 Å². The summed E-state index contributed by atoms with van der Waals surface area (Å²) in [5.74, 6) is -0.136. The third kappa shape index (κ3) is 4.13. The molecule has 5 nitrogen and oxygen atoms in total. The van der Waals surface area contributed by atoms with Gasteiger partial charge in [0.2, 0.25) is 5.91 Å². The fraction of sp³-hybridized carbons (Fsp3) is 0.353. The maximum Gasteiger partial charge on any atom is 0.253 e. The maximum atomic E-state index is 12.2. The van der Waals surface area contributed by atoms with Crippen molar-refractivity contribution in [2.45, 2.75) is 25.8 Å². The first-order valence-corrected chi connectivity index (χ1v) is 8.98. The lowest BCUT2D eigenvalue weighted by Crippen LogP contribution is -2.39. The molecular formula is C17H18ClN3O2S. The summed E-state index contributed by atoms with van der Waals surface area (Å²) < 4.78 is 0. The second-order valence-electron chi connectivity index (χ2n) is 5.85. The van der Waals surface area contributed by atoms with Crippen molar-refractivity contribution in [3.63, 3.8) is 0 Å². The highest BCUT2D eigenvalue weighted by Gasteiger charge is 2.35. The van der Waals surface area contributed by atoms with Gasteiger partial charge >= 0.3 is 0 Å². The molecule has 0 saturated heterocycles. The number of hydrogen-bond acceptors (Lipinski definition) is 4. The van der Waals surface area contributed by atoms with Crippen LogP contribution in [0.1, 0.15) is 39.1 Å². The van der Waals surface area contributed by atoms with Gasteiger partial charge < -0.3 is 10.6 Å². The Balaban J connectivity index is 1.57. The van der Waals surface area contributed by atoms with Crippen LogP contribution >= 0.6 is 22.9 Å². The number of nitrogens with zero attached hydrogens (tertiary/aromatic N) is 1. The van der Waals surface area contributed by atoms with Crippen molar-refractivity contribution < 1.29 is 9.59 Å². The Bertz CT molecular complexity index is 758. The zero-order chi connectivity index (χ0) is 17.1. The van der Waals surface area contributed by atoms with E-state index < -0.39 is 0 Å². The van der Waals surface area contributed by atoms with Crippen molar-refractivity contribution in [2.24, 2.45) is 5.92 Å². The second-order valence-corrected chi connectivity index (χ2v) is 7.53. The van der Waals surface area contributed by atoms with Crippen LogP contribution in [0.25, 0.3) is 0 Å². The van der Waals surface area contributed by atoms with Crippen LogP contribution in [0.5, 0.6) is 0 Å². The summed E-state index contributed by atoms with van der Waals surface area (Å²) in [5, 5.41) is 6.90. The number of hydrogen-bond donors (Lipinski definition) is 2. The van der Waals surface area contributed by atoms with Gasteiger partial charge in [0.05, 0.1) is 23.2 Å². The van der Waals surface area contributed by atoms with Crippen molar-refractivity contribution in [1.29, 1.82) is 0 Å². The summed E-state index contributed by atoms with van der Waals surface area (Å²) in [6, 6.07) is 6.69. The lowest BCUT2D eigenvalue weighted by Gasteiger charge is -2.16. The Labute approximate surface area is 149 Å². The minimum atomic E-state index is -0.358. The lowest BCUT2D eigenvalue weighted by atomic mass is 10.2. The van der Waals surface area contributed by atoms with Gasteiger partial charge in [-0.3, -0.25) is 9.59 Å². The Morgan fingerprint density at radius 3 is 2.75 bits per heavy atom. The minimum Gasteiger partial charge on any atom is -0.345 e. The summed E-state index contributed by atoms with van der Waals surface area (Å²) in [6.07, 6.45) is 4.01. The number of carbonyl (C=O) groups is 2. The predicted molar refractivity (Wildman–Crippen MR) is 94.2 cm³/mol. The van der Waals surface area contributed by atoms with Crippen LogP contribution in [-0.2, 0) is 4.79 Å². The summed E-state index contributed by atoms with van der Waals surface area (Å²) in [4.78, 5) is 29.8. The van der Waals surface area contributed by atoms with Gasteiger partial charge in [0.15, 0.2) is 0 Å². The number of aryl methyl sites for hydroxylation is 1. The van der Waals surface area contributed by atoms with E-state index in [1.807, 2.05) is 13.1 Å². The molecule has 1 aliphatic rings. The van der Waals surface area contributed by atoms with Gasteiger partial charge in [0.1, 0.15) is 5.01 Å². The van der Waals surface area contributed by atoms with E-state index in [-0.39, 0.29) is 24.4 Å². The van der Waals surface area contributed by atoms with E-state index >= 15 is 0 Å². The zero-order valence-corrected chi connectivity index (χ0v) is 14.8. The average molecular weight is 364 g/mol. The first-order chi connectivity index (χ1) is 11.5. The number of amides is 2. The Hall–Kier alpha value is -1.92. The maximum absolute atomic E-state index is 12.2. The van der Waals surface area contributed by atoms with Crippen LogP contribution in [0.2, 0.25) is 5.02 Å². The van der Waals surface area contributed by atoms with Gasteiger partial charge in [-0.1, -0.05) is 23.7 Å². The molecule has 0 radical (unpaired) electrons. The van der Waals surface area contributed by atoms with Gasteiger partial charge in [0.25, 0.3) is 5.91 Å². The number of halogens is 1. The molecule has 7 heteroatoms. The molecule has 0 aliphatic heterocycles. The molecule has 1 heterocycles. The smallest absolute Gasteiger partial charge is 0.253 e. The Morgan fingerprint density at radius 1 is 1.38 bits per heavy atom. The second kappa shape index (κ2) is 7.32. The third-order valence-electron chi connectivity index (χ3n) is 3.84. The molecule has 1 aromatic carbocycles. The zero-order valence-electron chi connectivity index (χ0n) is 13.2. The number of aromatic nitrogens is 1. The van der Waals surface area contributed by atoms with Gasteiger partial charge in [-0.05, 0) is 37.8 Å². The van der Waals surface area contributed by atoms with Crippen molar-refractivity contribution >= 4 is 34.8 Å². The van der Waals surface area contributed by atoms with E-state index in [9.17, 15) is 9.59 Å². The summed E-state index contributed by atoms with van der Waals surface area (Å²) in [6.45, 7) is 1.91. The van der Waals surface area contributed by atoms with E-state index in [4.69, 9.17) is 11.6 Å². The Morgan fingerprint density at radius 2 is 2.12 bits per heavy atom. The van der Waals surface area contributed by atoms with Gasteiger partial charge in [-0.25, -0.2) is 4.98 Å². The van der Waals surface area contributed by atoms with Crippen LogP contribution in [-0.4, -0.2) is 23.3 Å². The number of thiazole rings is 1. The molecule has 1 unspecified atom stereocenters. The number of nitrogens with one attached hydrogen (secondary N) is 2. The van der Waals surface area contributed by atoms with Gasteiger partial charge in [-0.2, -0.15) is 0 Å². The molecule has 0 spiro atoms. The van der Waals surface area contributed by atoms with Crippen LogP contribution in [0.3, 0.4) is 0 Å². The lowest BCUT2D eigenvalue weighted by molar-refractivity contribution is -0.121. The van der Waals surface area contributed by atoms with Crippen molar-refractivity contribution in [3.8, 4) is 0 Å². The molecule has 1 saturated carbocycles. The highest BCUT2D eigenvalue weighted by Crippen LogP contribution is 2.41. The predicted octanol–water partition coefficient (Wildman–Crippen LogP) is 3.10. The summed E-state index contributed by atoms with van der Waals surface area (Å²) >= 11 is 7.58. The molecule has 2 N–H and O–H groups in total. The number of rotatable bonds is 6. The molecule has 3 rings (SSSR count). The molecule has 1 fully saturated rings. The van der Waals surface area contributed by atoms with Crippen molar-refractivity contribution in [2.75, 3.05) is 6.54 Å². The largest absolute Gasteiger partial charge is 0.345 e. The minimum absolute atomic E-state index is 0.0617. The normalized spacial score (nSPS) is 14.9. The monoisotopic (exact) mass is 363 g/mol. The van der Waals surface area contributed by atoms with E-state index in [1.54, 1.807) is 35.6 Å². The molecule has 1 atom stereocenters. The van der Waals surface area contributed by atoms with Crippen molar-refractivity contribution in [1.82, 2.24) is 15.6 Å². The molecule has 24 heavy (non-hydrogen) atoms. The number of benzene rings is 1. The first kappa shape index (κ1) is 16.9. The SMILES string of the molecule is Cc1cnc(C(NC(=O)CNC(=O)c2ccccc2Cl)C2CC2)s1. The third-order valence-corrected chi connectivity index (χ3v) is 5.17. The fourth-order valence-electron chi connectivity index (χ4n) is 2.45. The molecule has 1 aromatic heterocycles. The molecular weight excluding hydrogens is 346 g/mol. The quantitative estimate of drug-likeness (QED) is 0.828. The highest BCUT2D eigenvalue weighted by atomic mass is 35.5. The Kier molecular flexibility index (Phi) is 5.16. The molecule has 2 amide bonds. The summed E-state index contributed by atoms with van der Waals surface area (Å²) in [7, 11) is 0. The molecule has 1 aliphatic carbocycles. The first-order valence-electron chi connectivity index (χ1n) is 7.79.